The van der Waals surface area contributed by atoms with Crippen LogP contribution in [0.3, 0.4) is 0 Å². The van der Waals surface area contributed by atoms with Gasteiger partial charge in [-0.1, -0.05) is 0 Å². The fourth-order valence-electron chi connectivity index (χ4n) is 1.45. The van der Waals surface area contributed by atoms with Gasteiger partial charge in [0.2, 0.25) is 0 Å². The third-order valence-corrected chi connectivity index (χ3v) is 7.06. The van der Waals surface area contributed by atoms with Gasteiger partial charge in [-0.3, -0.25) is 0 Å². The molecule has 0 spiro atoms. The Balaban J connectivity index is 2.50. The van der Waals surface area contributed by atoms with Crippen LogP contribution in [-0.4, -0.2) is 22.7 Å². The molecule has 0 amide bonds. The Labute approximate surface area is 99.3 Å². The monoisotopic (exact) mass is 276 g/mol. The van der Waals surface area contributed by atoms with E-state index in [1.165, 1.54) is 10.6 Å². The second-order valence-electron chi connectivity index (χ2n) is 3.33. The van der Waals surface area contributed by atoms with Crippen LogP contribution in [0.4, 0.5) is 0 Å². The zero-order chi connectivity index (χ0) is 10.7. The molecule has 2 aromatic rings. The third kappa shape index (κ3) is 2.34. The third-order valence-electron chi connectivity index (χ3n) is 2.28. The van der Waals surface area contributed by atoms with Crippen molar-refractivity contribution in [3.63, 3.8) is 0 Å². The van der Waals surface area contributed by atoms with E-state index in [4.69, 9.17) is 7.57 Å². The predicted molar refractivity (Wildman–Crippen MR) is 70.6 cm³/mol. The maximum absolute atomic E-state index is 6.41. The van der Waals surface area contributed by atoms with Crippen molar-refractivity contribution in [2.24, 2.45) is 0 Å². The van der Waals surface area contributed by atoms with E-state index in [0.717, 1.165) is 0 Å². The van der Waals surface area contributed by atoms with Crippen molar-refractivity contribution < 1.29 is 0 Å². The molecule has 2 aromatic carbocycles. The van der Waals surface area contributed by atoms with Crippen molar-refractivity contribution in [3.05, 3.63) is 60.7 Å². The molecule has 72 valence electrons. The summed E-state index contributed by atoms with van der Waals surface area (Å²) in [5.74, 6) is 0. The summed E-state index contributed by atoms with van der Waals surface area (Å²) in [6.07, 6.45) is 0. The van der Waals surface area contributed by atoms with Crippen LogP contribution in [0.5, 0.6) is 0 Å². The first-order valence-electron chi connectivity index (χ1n) is 4.71. The van der Waals surface area contributed by atoms with Crippen LogP contribution in [0, 0.1) is 0 Å². The molecule has 2 rings (SSSR count). The molecule has 2 radical (unpaired) electrons. The first-order chi connectivity index (χ1) is 7.21. The van der Waals surface area contributed by atoms with E-state index in [1.807, 2.05) is 36.4 Å². The van der Waals surface area contributed by atoms with Crippen molar-refractivity contribution >= 4 is 38.7 Å². The van der Waals surface area contributed by atoms with Crippen LogP contribution < -0.4 is 10.6 Å². The van der Waals surface area contributed by atoms with Gasteiger partial charge in [-0.2, -0.15) is 0 Å². The minimum atomic E-state index is -1.77. The van der Waals surface area contributed by atoms with Gasteiger partial charge >= 0.3 is 99.3 Å². The van der Waals surface area contributed by atoms with Gasteiger partial charge in [0.15, 0.2) is 0 Å². The van der Waals surface area contributed by atoms with Gasteiger partial charge in [0, 0.05) is 0 Å². The van der Waals surface area contributed by atoms with E-state index in [9.17, 15) is 0 Å². The van der Waals surface area contributed by atoms with Crippen LogP contribution in [0.15, 0.2) is 60.7 Å². The minimum absolute atomic E-state index is 1.19. The molecule has 15 heavy (non-hydrogen) atoms. The van der Waals surface area contributed by atoms with Gasteiger partial charge in [0.05, 0.1) is 0 Å². The van der Waals surface area contributed by atoms with E-state index in [-0.39, 0.29) is 0 Å². The van der Waals surface area contributed by atoms with Crippen molar-refractivity contribution in [3.8, 4) is 0 Å². The molecule has 0 saturated carbocycles. The maximum atomic E-state index is 6.41. The molecule has 0 aliphatic rings. The van der Waals surface area contributed by atoms with Crippen molar-refractivity contribution in [2.75, 3.05) is 0 Å². The van der Waals surface area contributed by atoms with Gasteiger partial charge in [0.1, 0.15) is 0 Å². The molecule has 0 aliphatic carbocycles. The second kappa shape index (κ2) is 4.53. The summed E-state index contributed by atoms with van der Waals surface area (Å²) in [6.45, 7) is 0. The fourth-order valence-corrected chi connectivity index (χ4v) is 4.51. The number of hydrogen-bond acceptors (Lipinski definition) is 0. The van der Waals surface area contributed by atoms with Crippen LogP contribution in [-0.2, 0) is 0 Å². The average molecular weight is 275 g/mol. The van der Waals surface area contributed by atoms with Gasteiger partial charge in [-0.05, 0) is 0 Å². The molecular weight excluding hydrogens is 265 g/mol. The van der Waals surface area contributed by atoms with Crippen molar-refractivity contribution in [2.45, 2.75) is 0 Å². The first-order valence-corrected chi connectivity index (χ1v) is 8.78. The Morgan fingerprint density at radius 1 is 0.733 bits per heavy atom. The Kier molecular flexibility index (Phi) is 3.31. The SMILES string of the molecule is [B]P(=[Se])(c1ccccc1)c1ccccc1. The summed E-state index contributed by atoms with van der Waals surface area (Å²) in [7, 11) is 6.41. The van der Waals surface area contributed by atoms with Crippen molar-refractivity contribution in [1.29, 1.82) is 0 Å². The average Bonchev–Trinajstić information content (AvgIpc) is 2.31. The topological polar surface area (TPSA) is 0 Å². The van der Waals surface area contributed by atoms with E-state index < -0.39 is 5.39 Å². The Hall–Kier alpha value is -0.546. The Morgan fingerprint density at radius 3 is 1.40 bits per heavy atom. The van der Waals surface area contributed by atoms with E-state index in [1.54, 1.807) is 0 Å². The summed E-state index contributed by atoms with van der Waals surface area (Å²) >= 11 is 3.17. The molecule has 0 aromatic heterocycles. The molecule has 3 heteroatoms. The molecule has 0 atom stereocenters. The number of hydrogen-bond donors (Lipinski definition) is 0. The van der Waals surface area contributed by atoms with Gasteiger partial charge in [-0.25, -0.2) is 0 Å². The molecule has 0 nitrogen and oxygen atoms in total. The normalized spacial score (nSPS) is 11.2. The van der Waals surface area contributed by atoms with Crippen LogP contribution in [0.1, 0.15) is 0 Å². The quantitative estimate of drug-likeness (QED) is 0.579. The zero-order valence-corrected chi connectivity index (χ0v) is 10.8. The van der Waals surface area contributed by atoms with Crippen molar-refractivity contribution in [1.82, 2.24) is 0 Å². The predicted octanol–water partition coefficient (Wildman–Crippen LogP) is 1.82. The molecule has 0 N–H and O–H groups in total. The first kappa shape index (κ1) is 11.0. The summed E-state index contributed by atoms with van der Waals surface area (Å²) in [4.78, 5) is 0. The van der Waals surface area contributed by atoms with Gasteiger partial charge < -0.3 is 0 Å². The molecule has 0 heterocycles. The molecule has 0 unspecified atom stereocenters. The number of rotatable bonds is 2. The summed E-state index contributed by atoms with van der Waals surface area (Å²) in [6, 6.07) is 20.4. The molecule has 0 fully saturated rings. The number of benzene rings is 2. The van der Waals surface area contributed by atoms with Crippen LogP contribution in [0.25, 0.3) is 0 Å². The van der Waals surface area contributed by atoms with Crippen LogP contribution >= 0.6 is 5.39 Å². The molecule has 0 aliphatic heterocycles. The molecule has 0 bridgehead atoms. The second-order valence-corrected chi connectivity index (χ2v) is 9.30. The Bertz CT molecular complexity index is 438. The van der Waals surface area contributed by atoms with E-state index in [2.05, 4.69) is 39.4 Å². The zero-order valence-electron chi connectivity index (χ0n) is 8.21. The molecular formula is C12H10BPSe. The van der Waals surface area contributed by atoms with E-state index in [0.29, 0.717) is 0 Å². The van der Waals surface area contributed by atoms with Crippen LogP contribution in [0.2, 0.25) is 0 Å². The van der Waals surface area contributed by atoms with Gasteiger partial charge in [0.25, 0.3) is 0 Å². The fraction of sp³-hybridized carbons (Fsp3) is 0. The molecule has 0 saturated heterocycles. The summed E-state index contributed by atoms with van der Waals surface area (Å²) in [5, 5.41) is 0.610. The summed E-state index contributed by atoms with van der Waals surface area (Å²) < 4.78 is 0. The summed E-state index contributed by atoms with van der Waals surface area (Å²) in [5.41, 5.74) is 0. The van der Waals surface area contributed by atoms with E-state index >= 15 is 0 Å². The Morgan fingerprint density at radius 2 is 1.07 bits per heavy atom. The van der Waals surface area contributed by atoms with Gasteiger partial charge in [-0.15, -0.1) is 0 Å². The standard InChI is InChI=1S/C12H10BPSe/c13-14(15,11-7-3-1-4-8-11)12-9-5-2-6-10-12/h1-10H.